The Hall–Kier alpha value is -0.870. The molecule has 0 unspecified atom stereocenters. The number of carboxylic acid groups (broad SMARTS) is 1. The molecule has 0 aliphatic carbocycles. The van der Waals surface area contributed by atoms with E-state index in [-0.39, 0.29) is 0 Å². The number of likely N-dealkylation sites (tertiary alicyclic amines) is 1. The number of rotatable bonds is 4. The molecule has 86 valence electrons. The summed E-state index contributed by atoms with van der Waals surface area (Å²) < 4.78 is 0. The lowest BCUT2D eigenvalue weighted by molar-refractivity contribution is -0.131. The molecule has 4 heteroatoms. The molecular weight excluding hydrogens is 192 g/mol. The number of nitrogens with zero attached hydrogens (tertiary/aromatic N) is 2. The highest BCUT2D eigenvalue weighted by molar-refractivity contribution is 5.79. The summed E-state index contributed by atoms with van der Waals surface area (Å²) in [5.74, 6) is -0.869. The Bertz CT molecular complexity index is 233. The van der Waals surface area contributed by atoms with E-state index in [0.717, 1.165) is 19.6 Å². The average molecular weight is 212 g/mol. The number of aliphatic carboxylic acids is 1. The topological polar surface area (TPSA) is 43.8 Å². The predicted octanol–water partition coefficient (Wildman–Crippen LogP) is 0.653. The third-order valence-corrected chi connectivity index (χ3v) is 2.97. The van der Waals surface area contributed by atoms with Crippen LogP contribution in [0.15, 0.2) is 12.2 Å². The second-order valence-corrected chi connectivity index (χ2v) is 4.21. The van der Waals surface area contributed by atoms with Crippen LogP contribution in [0.2, 0.25) is 0 Å². The van der Waals surface area contributed by atoms with Gasteiger partial charge in [0.15, 0.2) is 0 Å². The lowest BCUT2D eigenvalue weighted by atomic mass is 10.0. The summed E-state index contributed by atoms with van der Waals surface area (Å²) in [6.07, 6.45) is 5.27. The van der Waals surface area contributed by atoms with Crippen LogP contribution in [0.25, 0.3) is 0 Å². The SMILES string of the molecule is CN1CCC(N(C)CC=CC(=O)O)CC1. The van der Waals surface area contributed by atoms with Gasteiger partial charge in [0, 0.05) is 18.7 Å². The summed E-state index contributed by atoms with van der Waals surface area (Å²) in [5, 5.41) is 8.46. The van der Waals surface area contributed by atoms with Crippen molar-refractivity contribution in [2.24, 2.45) is 0 Å². The molecule has 4 nitrogen and oxygen atoms in total. The summed E-state index contributed by atoms with van der Waals surface area (Å²) in [7, 11) is 4.20. The Morgan fingerprint density at radius 1 is 1.53 bits per heavy atom. The van der Waals surface area contributed by atoms with Gasteiger partial charge in [-0.3, -0.25) is 4.90 Å². The van der Waals surface area contributed by atoms with Crippen molar-refractivity contribution in [2.75, 3.05) is 33.7 Å². The van der Waals surface area contributed by atoms with E-state index in [4.69, 9.17) is 5.11 Å². The third-order valence-electron chi connectivity index (χ3n) is 2.97. The van der Waals surface area contributed by atoms with Crippen LogP contribution in [0.5, 0.6) is 0 Å². The molecule has 0 aromatic carbocycles. The Morgan fingerprint density at radius 3 is 2.67 bits per heavy atom. The minimum Gasteiger partial charge on any atom is -0.478 e. The van der Waals surface area contributed by atoms with E-state index in [2.05, 4.69) is 23.9 Å². The van der Waals surface area contributed by atoms with Crippen LogP contribution < -0.4 is 0 Å². The van der Waals surface area contributed by atoms with Gasteiger partial charge < -0.3 is 10.0 Å². The Labute approximate surface area is 91.2 Å². The third kappa shape index (κ3) is 4.44. The summed E-state index contributed by atoms with van der Waals surface area (Å²) in [6, 6.07) is 0.597. The Balaban J connectivity index is 2.28. The molecule has 1 rings (SSSR count). The second-order valence-electron chi connectivity index (χ2n) is 4.21. The van der Waals surface area contributed by atoms with E-state index in [0.29, 0.717) is 6.04 Å². The van der Waals surface area contributed by atoms with E-state index < -0.39 is 5.97 Å². The first-order valence-corrected chi connectivity index (χ1v) is 5.38. The van der Waals surface area contributed by atoms with Gasteiger partial charge in [0.25, 0.3) is 0 Å². The molecule has 1 aliphatic heterocycles. The van der Waals surface area contributed by atoms with Gasteiger partial charge in [-0.2, -0.15) is 0 Å². The fourth-order valence-corrected chi connectivity index (χ4v) is 1.90. The average Bonchev–Trinajstić information content (AvgIpc) is 2.18. The fourth-order valence-electron chi connectivity index (χ4n) is 1.90. The molecule has 0 saturated carbocycles. The molecule has 1 saturated heterocycles. The molecule has 0 atom stereocenters. The van der Waals surface area contributed by atoms with Crippen LogP contribution in [0.1, 0.15) is 12.8 Å². The Morgan fingerprint density at radius 2 is 2.13 bits per heavy atom. The number of carbonyl (C=O) groups is 1. The molecule has 1 fully saturated rings. The highest BCUT2D eigenvalue weighted by Crippen LogP contribution is 2.13. The van der Waals surface area contributed by atoms with Gasteiger partial charge >= 0.3 is 5.97 Å². The number of carboxylic acids is 1. The van der Waals surface area contributed by atoms with E-state index in [1.165, 1.54) is 18.9 Å². The first-order chi connectivity index (χ1) is 7.09. The van der Waals surface area contributed by atoms with Crippen LogP contribution in [0.3, 0.4) is 0 Å². The second kappa shape index (κ2) is 5.88. The van der Waals surface area contributed by atoms with Gasteiger partial charge in [0.2, 0.25) is 0 Å². The molecule has 1 heterocycles. The monoisotopic (exact) mass is 212 g/mol. The summed E-state index contributed by atoms with van der Waals surface area (Å²) in [5.41, 5.74) is 0. The molecule has 0 amide bonds. The van der Waals surface area contributed by atoms with Gasteiger partial charge in [-0.15, -0.1) is 0 Å². The van der Waals surface area contributed by atoms with Gasteiger partial charge in [-0.1, -0.05) is 6.08 Å². The first kappa shape index (κ1) is 12.2. The van der Waals surface area contributed by atoms with Crippen molar-refractivity contribution >= 4 is 5.97 Å². The Kier molecular flexibility index (Phi) is 4.78. The fraction of sp³-hybridized carbons (Fsp3) is 0.727. The van der Waals surface area contributed by atoms with Crippen molar-refractivity contribution in [1.82, 2.24) is 9.80 Å². The van der Waals surface area contributed by atoms with Crippen molar-refractivity contribution in [3.63, 3.8) is 0 Å². The van der Waals surface area contributed by atoms with Crippen molar-refractivity contribution in [3.05, 3.63) is 12.2 Å². The van der Waals surface area contributed by atoms with Crippen LogP contribution >= 0.6 is 0 Å². The summed E-state index contributed by atoms with van der Waals surface area (Å²) >= 11 is 0. The maximum atomic E-state index is 10.3. The zero-order chi connectivity index (χ0) is 11.3. The number of likely N-dealkylation sites (N-methyl/N-ethyl adjacent to an activating group) is 1. The quantitative estimate of drug-likeness (QED) is 0.695. The minimum atomic E-state index is -0.869. The molecule has 1 aliphatic rings. The van der Waals surface area contributed by atoms with Crippen molar-refractivity contribution in [1.29, 1.82) is 0 Å². The van der Waals surface area contributed by atoms with Gasteiger partial charge in [-0.25, -0.2) is 4.79 Å². The number of piperidine rings is 1. The highest BCUT2D eigenvalue weighted by atomic mass is 16.4. The highest BCUT2D eigenvalue weighted by Gasteiger charge is 2.19. The standard InChI is InChI=1S/C11H20N2O2/c1-12-8-5-10(6-9-12)13(2)7-3-4-11(14)15/h3-4,10H,5-9H2,1-2H3,(H,14,15). The molecule has 15 heavy (non-hydrogen) atoms. The number of hydrogen-bond acceptors (Lipinski definition) is 3. The van der Waals surface area contributed by atoms with E-state index in [9.17, 15) is 4.79 Å². The largest absolute Gasteiger partial charge is 0.478 e. The number of hydrogen-bond donors (Lipinski definition) is 1. The predicted molar refractivity (Wildman–Crippen MR) is 59.9 cm³/mol. The van der Waals surface area contributed by atoms with Crippen LogP contribution in [0.4, 0.5) is 0 Å². The maximum absolute atomic E-state index is 10.3. The summed E-state index contributed by atoms with van der Waals surface area (Å²) in [4.78, 5) is 14.8. The lowest BCUT2D eigenvalue weighted by Crippen LogP contribution is -2.41. The van der Waals surface area contributed by atoms with Crippen LogP contribution in [-0.2, 0) is 4.79 Å². The molecular formula is C11H20N2O2. The van der Waals surface area contributed by atoms with E-state index in [1.54, 1.807) is 6.08 Å². The van der Waals surface area contributed by atoms with Gasteiger partial charge in [0.05, 0.1) is 0 Å². The zero-order valence-electron chi connectivity index (χ0n) is 9.52. The van der Waals surface area contributed by atoms with Crippen LogP contribution in [0, 0.1) is 0 Å². The molecule has 0 spiro atoms. The lowest BCUT2D eigenvalue weighted by Gasteiger charge is -2.34. The van der Waals surface area contributed by atoms with Gasteiger partial charge in [0.1, 0.15) is 0 Å². The van der Waals surface area contributed by atoms with E-state index in [1.807, 2.05) is 0 Å². The summed E-state index contributed by atoms with van der Waals surface area (Å²) in [6.45, 7) is 3.00. The van der Waals surface area contributed by atoms with Crippen molar-refractivity contribution in [2.45, 2.75) is 18.9 Å². The molecule has 0 aromatic heterocycles. The van der Waals surface area contributed by atoms with Crippen LogP contribution in [-0.4, -0.2) is 60.6 Å². The zero-order valence-corrected chi connectivity index (χ0v) is 9.52. The van der Waals surface area contributed by atoms with Gasteiger partial charge in [-0.05, 0) is 40.0 Å². The smallest absolute Gasteiger partial charge is 0.328 e. The molecule has 0 radical (unpaired) electrons. The van der Waals surface area contributed by atoms with Crippen molar-refractivity contribution in [3.8, 4) is 0 Å². The maximum Gasteiger partial charge on any atom is 0.328 e. The molecule has 0 bridgehead atoms. The van der Waals surface area contributed by atoms with Crippen molar-refractivity contribution < 1.29 is 9.90 Å². The molecule has 1 N–H and O–H groups in total. The normalized spacial score (nSPS) is 20.2. The minimum absolute atomic E-state index is 0.597. The van der Waals surface area contributed by atoms with E-state index >= 15 is 0 Å². The molecule has 0 aromatic rings. The first-order valence-electron chi connectivity index (χ1n) is 5.38.